The number of halogens is 5. The van der Waals surface area contributed by atoms with Gasteiger partial charge in [0.1, 0.15) is 17.8 Å². The van der Waals surface area contributed by atoms with Gasteiger partial charge in [-0.1, -0.05) is 19.1 Å². The van der Waals surface area contributed by atoms with Crippen molar-refractivity contribution in [3.8, 4) is 0 Å². The van der Waals surface area contributed by atoms with Crippen LogP contribution in [-0.2, 0) is 16.9 Å². The van der Waals surface area contributed by atoms with E-state index in [1.165, 1.54) is 18.5 Å². The number of piperazine rings is 1. The Hall–Kier alpha value is -2.82. The first-order valence-electron chi connectivity index (χ1n) is 13.0. The summed E-state index contributed by atoms with van der Waals surface area (Å²) in [5.41, 5.74) is -0.133. The summed E-state index contributed by atoms with van der Waals surface area (Å²) in [5.74, 6) is -3.65. The molecule has 2 aliphatic heterocycles. The van der Waals surface area contributed by atoms with E-state index in [0.717, 1.165) is 25.0 Å². The number of fused-ring (bicyclic) bond motifs is 1. The highest BCUT2D eigenvalue weighted by Gasteiger charge is 2.47. The zero-order valence-corrected chi connectivity index (χ0v) is 21.7. The van der Waals surface area contributed by atoms with Crippen LogP contribution in [0.15, 0.2) is 30.6 Å². The third kappa shape index (κ3) is 4.97. The van der Waals surface area contributed by atoms with Crippen molar-refractivity contribution in [1.82, 2.24) is 20.2 Å². The lowest BCUT2D eigenvalue weighted by atomic mass is 9.88. The first-order valence-corrected chi connectivity index (χ1v) is 13.0. The van der Waals surface area contributed by atoms with Crippen LogP contribution in [0.2, 0.25) is 0 Å². The normalized spacial score (nSPS) is 25.4. The molecule has 3 aliphatic rings. The smallest absolute Gasteiger partial charge is 0.353 e. The van der Waals surface area contributed by atoms with Gasteiger partial charge in [0.15, 0.2) is 0 Å². The second-order valence-corrected chi connectivity index (χ2v) is 11.4. The molecule has 1 amide bonds. The van der Waals surface area contributed by atoms with Crippen LogP contribution in [0.1, 0.15) is 74.3 Å². The standard InChI is InChI=1S/C27H32F5N5O/c1-16-14-26(28,29)22-20(16)23(34-15-33-22)36-10-12-37(13-11-36)24(38)21(19-8-9-25(2,3)35-19)17-4-6-18(7-5-17)27(30,31)32/h4-7,15-16,19,21,35H,8-14H2,1-3H3. The number of alkyl halides is 5. The predicted octanol–water partition coefficient (Wildman–Crippen LogP) is 5.06. The summed E-state index contributed by atoms with van der Waals surface area (Å²) in [5, 5.41) is 3.50. The number of anilines is 1. The number of hydrogen-bond donors (Lipinski definition) is 1. The van der Waals surface area contributed by atoms with Crippen LogP contribution in [0.4, 0.5) is 27.8 Å². The number of rotatable bonds is 4. The second kappa shape index (κ2) is 9.43. The van der Waals surface area contributed by atoms with E-state index < -0.39 is 23.6 Å². The van der Waals surface area contributed by atoms with Crippen molar-refractivity contribution in [2.24, 2.45) is 0 Å². The predicted molar refractivity (Wildman–Crippen MR) is 132 cm³/mol. The van der Waals surface area contributed by atoms with Gasteiger partial charge in [-0.15, -0.1) is 0 Å². The van der Waals surface area contributed by atoms with Crippen molar-refractivity contribution < 1.29 is 26.7 Å². The molecule has 206 valence electrons. The van der Waals surface area contributed by atoms with Gasteiger partial charge in [-0.2, -0.15) is 22.0 Å². The van der Waals surface area contributed by atoms with Gasteiger partial charge in [0.2, 0.25) is 5.91 Å². The Bertz CT molecular complexity index is 1190. The van der Waals surface area contributed by atoms with Crippen molar-refractivity contribution in [2.75, 3.05) is 31.1 Å². The van der Waals surface area contributed by atoms with E-state index in [4.69, 9.17) is 0 Å². The van der Waals surface area contributed by atoms with Gasteiger partial charge in [-0.25, -0.2) is 9.97 Å². The number of nitrogens with one attached hydrogen (secondary N) is 1. The highest BCUT2D eigenvalue weighted by molar-refractivity contribution is 5.85. The number of carbonyl (C=O) groups is 1. The molecule has 1 N–H and O–H groups in total. The summed E-state index contributed by atoms with van der Waals surface area (Å²) in [7, 11) is 0. The Morgan fingerprint density at radius 1 is 1.08 bits per heavy atom. The molecule has 5 rings (SSSR count). The monoisotopic (exact) mass is 537 g/mol. The largest absolute Gasteiger partial charge is 0.416 e. The molecule has 38 heavy (non-hydrogen) atoms. The Morgan fingerprint density at radius 2 is 1.74 bits per heavy atom. The number of hydrogen-bond acceptors (Lipinski definition) is 5. The van der Waals surface area contributed by atoms with Crippen molar-refractivity contribution >= 4 is 11.7 Å². The lowest BCUT2D eigenvalue weighted by molar-refractivity contribution is -0.137. The van der Waals surface area contributed by atoms with Crippen LogP contribution in [0, 0.1) is 0 Å². The second-order valence-electron chi connectivity index (χ2n) is 11.4. The van der Waals surface area contributed by atoms with Crippen LogP contribution < -0.4 is 10.2 Å². The molecule has 0 saturated carbocycles. The third-order valence-electron chi connectivity index (χ3n) is 8.08. The highest BCUT2D eigenvalue weighted by atomic mass is 19.4. The topological polar surface area (TPSA) is 61.4 Å². The summed E-state index contributed by atoms with van der Waals surface area (Å²) < 4.78 is 68.3. The molecule has 1 aromatic heterocycles. The van der Waals surface area contributed by atoms with Gasteiger partial charge in [-0.05, 0) is 50.3 Å². The zero-order chi connectivity index (χ0) is 27.5. The summed E-state index contributed by atoms with van der Waals surface area (Å²) >= 11 is 0. The summed E-state index contributed by atoms with van der Waals surface area (Å²) in [4.78, 5) is 25.7. The van der Waals surface area contributed by atoms with E-state index in [0.29, 0.717) is 43.1 Å². The fraction of sp³-hybridized carbons (Fsp3) is 0.593. The average molecular weight is 538 g/mol. The molecular formula is C27H32F5N5O. The quantitative estimate of drug-likeness (QED) is 0.553. The van der Waals surface area contributed by atoms with E-state index in [1.807, 2.05) is 18.7 Å². The molecule has 3 atom stereocenters. The number of benzene rings is 1. The molecule has 1 aliphatic carbocycles. The minimum atomic E-state index is -4.45. The number of nitrogens with zero attached hydrogens (tertiary/aromatic N) is 4. The van der Waals surface area contributed by atoms with Gasteiger partial charge in [0.25, 0.3) is 5.92 Å². The van der Waals surface area contributed by atoms with E-state index in [-0.39, 0.29) is 35.5 Å². The zero-order valence-electron chi connectivity index (χ0n) is 21.7. The van der Waals surface area contributed by atoms with Crippen molar-refractivity contribution in [1.29, 1.82) is 0 Å². The van der Waals surface area contributed by atoms with Crippen LogP contribution in [-0.4, -0.2) is 58.5 Å². The molecule has 0 radical (unpaired) electrons. The fourth-order valence-electron chi connectivity index (χ4n) is 6.14. The number of aromatic nitrogens is 2. The van der Waals surface area contributed by atoms with E-state index in [2.05, 4.69) is 15.3 Å². The maximum atomic E-state index is 14.4. The first kappa shape index (κ1) is 26.8. The van der Waals surface area contributed by atoms with E-state index >= 15 is 0 Å². The Balaban J connectivity index is 1.35. The van der Waals surface area contributed by atoms with Gasteiger partial charge >= 0.3 is 6.18 Å². The van der Waals surface area contributed by atoms with Crippen molar-refractivity contribution in [2.45, 2.75) is 75.5 Å². The van der Waals surface area contributed by atoms with E-state index in [1.54, 1.807) is 11.8 Å². The maximum absolute atomic E-state index is 14.4. The molecule has 0 bridgehead atoms. The van der Waals surface area contributed by atoms with Gasteiger partial charge in [0, 0.05) is 49.7 Å². The number of amides is 1. The Labute approximate surface area is 218 Å². The van der Waals surface area contributed by atoms with E-state index in [9.17, 15) is 26.7 Å². The van der Waals surface area contributed by atoms with Crippen molar-refractivity contribution in [3.63, 3.8) is 0 Å². The fourth-order valence-corrected chi connectivity index (χ4v) is 6.14. The minimum Gasteiger partial charge on any atom is -0.353 e. The number of carbonyl (C=O) groups excluding carboxylic acids is 1. The molecule has 1 aromatic carbocycles. The third-order valence-corrected chi connectivity index (χ3v) is 8.08. The van der Waals surface area contributed by atoms with Gasteiger partial charge in [0.05, 0.1) is 11.5 Å². The Kier molecular flexibility index (Phi) is 6.64. The molecule has 11 heteroatoms. The molecule has 2 fully saturated rings. The van der Waals surface area contributed by atoms with Crippen LogP contribution in [0.5, 0.6) is 0 Å². The Morgan fingerprint density at radius 3 is 2.32 bits per heavy atom. The SMILES string of the molecule is CC1CC(F)(F)c2ncnc(N3CCN(C(=O)C(c4ccc(C(F)(F)F)cc4)C4CCC(C)(C)N4)CC3)c21. The molecule has 2 saturated heterocycles. The molecule has 6 nitrogen and oxygen atoms in total. The molecule has 3 unspecified atom stereocenters. The average Bonchev–Trinajstić information content (AvgIpc) is 3.33. The molecule has 0 spiro atoms. The lowest BCUT2D eigenvalue weighted by Crippen LogP contribution is -2.53. The van der Waals surface area contributed by atoms with Crippen LogP contribution in [0.25, 0.3) is 0 Å². The molecule has 3 heterocycles. The minimum absolute atomic E-state index is 0.146. The molecule has 2 aromatic rings. The highest BCUT2D eigenvalue weighted by Crippen LogP contribution is 2.49. The first-order chi connectivity index (χ1) is 17.8. The summed E-state index contributed by atoms with van der Waals surface area (Å²) in [6.45, 7) is 7.38. The maximum Gasteiger partial charge on any atom is 0.416 e. The summed E-state index contributed by atoms with van der Waals surface area (Å²) in [6, 6.07) is 4.65. The molecular weight excluding hydrogens is 505 g/mol. The van der Waals surface area contributed by atoms with Crippen LogP contribution >= 0.6 is 0 Å². The van der Waals surface area contributed by atoms with Gasteiger partial charge in [-0.3, -0.25) is 4.79 Å². The lowest BCUT2D eigenvalue weighted by Gasteiger charge is -2.39. The van der Waals surface area contributed by atoms with Crippen LogP contribution in [0.3, 0.4) is 0 Å². The van der Waals surface area contributed by atoms with Crippen molar-refractivity contribution in [3.05, 3.63) is 53.0 Å². The van der Waals surface area contributed by atoms with Gasteiger partial charge < -0.3 is 15.1 Å². The summed E-state index contributed by atoms with van der Waals surface area (Å²) in [6.07, 6.45) is -2.01.